The molecule has 0 N–H and O–H groups in total. The zero-order valence-corrected chi connectivity index (χ0v) is 20.0. The Balaban J connectivity index is 1.70. The van der Waals surface area contributed by atoms with Crippen LogP contribution in [-0.2, 0) is 0 Å². The molecule has 0 fully saturated rings. The third-order valence-corrected chi connectivity index (χ3v) is 6.23. The number of aromatic nitrogens is 1. The molecule has 0 bridgehead atoms. The summed E-state index contributed by atoms with van der Waals surface area (Å²) in [6.45, 7) is 0. The number of rotatable bonds is 6. The smallest absolute Gasteiger partial charge is 0.185 e. The second-order valence-corrected chi connectivity index (χ2v) is 8.86. The fourth-order valence-corrected chi connectivity index (χ4v) is 4.36. The van der Waals surface area contributed by atoms with Crippen LogP contribution in [0.3, 0.4) is 0 Å². The van der Waals surface area contributed by atoms with Crippen molar-refractivity contribution in [3.8, 4) is 28.2 Å². The van der Waals surface area contributed by atoms with E-state index in [0.29, 0.717) is 5.56 Å². The zero-order valence-electron chi connectivity index (χ0n) is 18.4. The maximum Gasteiger partial charge on any atom is 0.185 e. The highest BCUT2D eigenvalue weighted by Gasteiger charge is 2.18. The minimum atomic E-state index is -0.0276. The van der Waals surface area contributed by atoms with E-state index in [2.05, 4.69) is 63.0 Å². The summed E-state index contributed by atoms with van der Waals surface area (Å²) in [6.07, 6.45) is 3.59. The van der Waals surface area contributed by atoms with Gasteiger partial charge in [-0.1, -0.05) is 94.8 Å². The fourth-order valence-electron chi connectivity index (χ4n) is 4.09. The Kier molecular flexibility index (Phi) is 6.37. The van der Waals surface area contributed by atoms with Gasteiger partial charge in [-0.2, -0.15) is 0 Å². The van der Waals surface area contributed by atoms with E-state index in [0.717, 1.165) is 38.2 Å². The van der Waals surface area contributed by atoms with Crippen LogP contribution in [0.15, 0.2) is 132 Å². The summed E-state index contributed by atoms with van der Waals surface area (Å²) in [5.74, 6) is -0.0276. The first-order valence-electron chi connectivity index (χ1n) is 11.1. The number of benzene rings is 4. The number of hydrogen-bond donors (Lipinski definition) is 0. The highest BCUT2D eigenvalue weighted by molar-refractivity contribution is 9.10. The first kappa shape index (κ1) is 21.9. The number of nitrogens with zero attached hydrogens (tertiary/aromatic N) is 1. The van der Waals surface area contributed by atoms with Crippen molar-refractivity contribution in [2.45, 2.75) is 0 Å². The SMILES string of the molecule is O=C(/C=C\c1cc(-c2ccccc2)n(-c2ccccc2)c1-c1ccccc1)c1ccc(Br)cc1. The molecule has 0 saturated carbocycles. The van der Waals surface area contributed by atoms with E-state index in [1.165, 1.54) is 0 Å². The Morgan fingerprint density at radius 3 is 1.85 bits per heavy atom. The molecule has 5 aromatic rings. The molecule has 0 aliphatic carbocycles. The molecule has 5 rings (SSSR count). The van der Waals surface area contributed by atoms with Crippen molar-refractivity contribution in [2.24, 2.45) is 0 Å². The number of allylic oxidation sites excluding steroid dienone is 1. The lowest BCUT2D eigenvalue weighted by molar-refractivity contribution is 0.104. The molecule has 0 radical (unpaired) electrons. The molecule has 3 heteroatoms. The van der Waals surface area contributed by atoms with Gasteiger partial charge < -0.3 is 4.57 Å². The Morgan fingerprint density at radius 1 is 0.676 bits per heavy atom. The molecule has 0 saturated heterocycles. The van der Waals surface area contributed by atoms with E-state index in [9.17, 15) is 4.79 Å². The summed E-state index contributed by atoms with van der Waals surface area (Å²) >= 11 is 3.43. The molecule has 4 aromatic carbocycles. The van der Waals surface area contributed by atoms with Gasteiger partial charge in [0.15, 0.2) is 5.78 Å². The van der Waals surface area contributed by atoms with Crippen molar-refractivity contribution >= 4 is 27.8 Å². The molecule has 34 heavy (non-hydrogen) atoms. The zero-order chi connectivity index (χ0) is 23.3. The summed E-state index contributed by atoms with van der Waals surface area (Å²) in [6, 6.07) is 40.6. The number of para-hydroxylation sites is 1. The van der Waals surface area contributed by atoms with Gasteiger partial charge in [-0.05, 0) is 65.7 Å². The van der Waals surface area contributed by atoms with E-state index in [1.807, 2.05) is 84.9 Å². The molecule has 0 aliphatic rings. The first-order chi connectivity index (χ1) is 16.7. The van der Waals surface area contributed by atoms with Gasteiger partial charge in [0.1, 0.15) is 0 Å². The molecule has 0 atom stereocenters. The number of halogens is 1. The summed E-state index contributed by atoms with van der Waals surface area (Å²) < 4.78 is 3.22. The van der Waals surface area contributed by atoms with Crippen LogP contribution < -0.4 is 0 Å². The average Bonchev–Trinajstić information content (AvgIpc) is 3.29. The van der Waals surface area contributed by atoms with E-state index >= 15 is 0 Å². The predicted octanol–water partition coefficient (Wildman–Crippen LogP) is 8.47. The summed E-state index contributed by atoms with van der Waals surface area (Å²) in [7, 11) is 0. The molecular weight excluding hydrogens is 482 g/mol. The fraction of sp³-hybridized carbons (Fsp3) is 0. The molecule has 0 spiro atoms. The highest BCUT2D eigenvalue weighted by Crippen LogP contribution is 2.36. The lowest BCUT2D eigenvalue weighted by atomic mass is 10.1. The summed E-state index contributed by atoms with van der Waals surface area (Å²) in [5, 5.41) is 0. The van der Waals surface area contributed by atoms with Gasteiger partial charge in [0.25, 0.3) is 0 Å². The third kappa shape index (κ3) is 4.57. The molecule has 0 amide bonds. The van der Waals surface area contributed by atoms with Gasteiger partial charge >= 0.3 is 0 Å². The quantitative estimate of drug-likeness (QED) is 0.168. The van der Waals surface area contributed by atoms with E-state index < -0.39 is 0 Å². The van der Waals surface area contributed by atoms with Gasteiger partial charge in [-0.3, -0.25) is 4.79 Å². The number of hydrogen-bond acceptors (Lipinski definition) is 1. The van der Waals surface area contributed by atoms with Crippen LogP contribution in [0.5, 0.6) is 0 Å². The molecule has 164 valence electrons. The topological polar surface area (TPSA) is 22.0 Å². The highest BCUT2D eigenvalue weighted by atomic mass is 79.9. The number of ketones is 1. The maximum atomic E-state index is 12.9. The van der Waals surface area contributed by atoms with E-state index in [4.69, 9.17) is 0 Å². The van der Waals surface area contributed by atoms with Gasteiger partial charge in [0.05, 0.1) is 11.4 Å². The van der Waals surface area contributed by atoms with Crippen LogP contribution in [0.2, 0.25) is 0 Å². The minimum Gasteiger partial charge on any atom is -0.309 e. The Hall–Kier alpha value is -3.95. The molecular formula is C31H22BrNO. The second-order valence-electron chi connectivity index (χ2n) is 7.94. The predicted molar refractivity (Wildman–Crippen MR) is 144 cm³/mol. The van der Waals surface area contributed by atoms with Gasteiger partial charge in [0.2, 0.25) is 0 Å². The van der Waals surface area contributed by atoms with Crippen molar-refractivity contribution in [2.75, 3.05) is 0 Å². The monoisotopic (exact) mass is 503 g/mol. The number of carbonyl (C=O) groups is 1. The molecule has 1 heterocycles. The normalized spacial score (nSPS) is 11.1. The Bertz CT molecular complexity index is 1430. The number of carbonyl (C=O) groups excluding carboxylic acids is 1. The summed E-state index contributed by atoms with van der Waals surface area (Å²) in [4.78, 5) is 12.9. The molecule has 2 nitrogen and oxygen atoms in total. The maximum absolute atomic E-state index is 12.9. The average molecular weight is 504 g/mol. The largest absolute Gasteiger partial charge is 0.309 e. The Labute approximate surface area is 208 Å². The van der Waals surface area contributed by atoms with E-state index in [1.54, 1.807) is 6.08 Å². The van der Waals surface area contributed by atoms with Crippen molar-refractivity contribution in [1.82, 2.24) is 4.57 Å². The van der Waals surface area contributed by atoms with Crippen LogP contribution in [-0.4, -0.2) is 10.4 Å². The van der Waals surface area contributed by atoms with E-state index in [-0.39, 0.29) is 5.78 Å². The van der Waals surface area contributed by atoms with Crippen LogP contribution in [0.25, 0.3) is 34.3 Å². The van der Waals surface area contributed by atoms with Crippen LogP contribution in [0.4, 0.5) is 0 Å². The minimum absolute atomic E-state index is 0.0276. The standard InChI is InChI=1S/C31H22BrNO/c32-27-19-16-24(17-20-27)30(34)21-18-26-22-29(23-10-4-1-5-11-23)33(28-14-8-3-9-15-28)31(26)25-12-6-2-7-13-25/h1-22H/b21-18-. The van der Waals surface area contributed by atoms with Gasteiger partial charge in [0, 0.05) is 21.3 Å². The summed E-state index contributed by atoms with van der Waals surface area (Å²) in [5.41, 5.74) is 7.03. The van der Waals surface area contributed by atoms with Crippen molar-refractivity contribution in [3.63, 3.8) is 0 Å². The second kappa shape index (κ2) is 9.90. The van der Waals surface area contributed by atoms with Gasteiger partial charge in [-0.25, -0.2) is 0 Å². The van der Waals surface area contributed by atoms with Crippen LogP contribution in [0.1, 0.15) is 15.9 Å². The lowest BCUT2D eigenvalue weighted by Crippen LogP contribution is -2.00. The van der Waals surface area contributed by atoms with Crippen molar-refractivity contribution in [3.05, 3.63) is 143 Å². The van der Waals surface area contributed by atoms with Gasteiger partial charge in [-0.15, -0.1) is 0 Å². The molecule has 1 aromatic heterocycles. The lowest BCUT2D eigenvalue weighted by Gasteiger charge is -2.15. The van der Waals surface area contributed by atoms with Crippen LogP contribution in [0, 0.1) is 0 Å². The molecule has 0 unspecified atom stereocenters. The molecule has 0 aliphatic heterocycles. The van der Waals surface area contributed by atoms with Crippen LogP contribution >= 0.6 is 15.9 Å². The first-order valence-corrected chi connectivity index (χ1v) is 11.9. The third-order valence-electron chi connectivity index (χ3n) is 5.70. The Morgan fingerprint density at radius 2 is 1.24 bits per heavy atom. The van der Waals surface area contributed by atoms with Crippen molar-refractivity contribution < 1.29 is 4.79 Å². The van der Waals surface area contributed by atoms with Crippen molar-refractivity contribution in [1.29, 1.82) is 0 Å².